The first kappa shape index (κ1) is 59.7. The van der Waals surface area contributed by atoms with Gasteiger partial charge in [-0.2, -0.15) is 0 Å². The monoisotopic (exact) mass is 883 g/mol. The van der Waals surface area contributed by atoms with E-state index in [0.717, 1.165) is 70.6 Å². The van der Waals surface area contributed by atoms with Crippen molar-refractivity contribution in [3.63, 3.8) is 0 Å². The number of phosphoric ester groups is 1. The van der Waals surface area contributed by atoms with E-state index in [2.05, 4.69) is 50.3 Å². The van der Waals surface area contributed by atoms with E-state index in [9.17, 15) is 14.3 Å². The summed E-state index contributed by atoms with van der Waals surface area (Å²) in [6.45, 7) is 5.53. The Labute approximate surface area is 378 Å². The van der Waals surface area contributed by atoms with Gasteiger partial charge in [-0.3, -0.25) is 13.8 Å². The Kier molecular flexibility index (Phi) is 44.3. The van der Waals surface area contributed by atoms with E-state index in [4.69, 9.17) is 18.5 Å². The number of quaternary nitrogens is 1. The molecule has 0 spiro atoms. The summed E-state index contributed by atoms with van der Waals surface area (Å²) in [5.41, 5.74) is 0. The molecular formula is C52H101NO7P+. The highest BCUT2D eigenvalue weighted by Gasteiger charge is 2.26. The van der Waals surface area contributed by atoms with E-state index >= 15 is 0 Å². The maximum absolute atomic E-state index is 12.7. The molecule has 0 amide bonds. The van der Waals surface area contributed by atoms with Gasteiger partial charge in [0.05, 0.1) is 34.4 Å². The van der Waals surface area contributed by atoms with Crippen molar-refractivity contribution in [2.75, 3.05) is 54.1 Å². The Morgan fingerprint density at radius 3 is 1.43 bits per heavy atom. The third-order valence-corrected chi connectivity index (χ3v) is 12.2. The largest absolute Gasteiger partial charge is 0.472 e. The normalized spacial score (nSPS) is 13.9. The first-order valence-electron chi connectivity index (χ1n) is 25.7. The average molecular weight is 883 g/mol. The lowest BCUT2D eigenvalue weighted by molar-refractivity contribution is -0.870. The minimum absolute atomic E-state index is 0.0859. The lowest BCUT2D eigenvalue weighted by Crippen LogP contribution is -2.37. The Morgan fingerprint density at radius 1 is 0.525 bits per heavy atom. The zero-order valence-electron chi connectivity index (χ0n) is 40.9. The van der Waals surface area contributed by atoms with Gasteiger partial charge in [-0.15, -0.1) is 0 Å². The molecule has 61 heavy (non-hydrogen) atoms. The van der Waals surface area contributed by atoms with E-state index in [1.54, 1.807) is 0 Å². The lowest BCUT2D eigenvalue weighted by Gasteiger charge is -2.24. The summed E-state index contributed by atoms with van der Waals surface area (Å²) in [6, 6.07) is 0. The molecule has 0 bridgehead atoms. The summed E-state index contributed by atoms with van der Waals surface area (Å²) in [7, 11) is 1.66. The predicted octanol–water partition coefficient (Wildman–Crippen LogP) is 15.7. The molecule has 0 aromatic heterocycles. The quantitative estimate of drug-likeness (QED) is 0.0214. The van der Waals surface area contributed by atoms with Crippen LogP contribution in [-0.4, -0.2) is 75.6 Å². The van der Waals surface area contributed by atoms with E-state index in [1.807, 2.05) is 21.1 Å². The highest BCUT2D eigenvalue weighted by Crippen LogP contribution is 2.43. The van der Waals surface area contributed by atoms with E-state index < -0.39 is 13.9 Å². The van der Waals surface area contributed by atoms with Crippen molar-refractivity contribution >= 4 is 13.8 Å². The number of rotatable bonds is 48. The Bertz CT molecular complexity index is 1070. The molecule has 0 rings (SSSR count). The molecule has 0 aliphatic carbocycles. The Morgan fingerprint density at radius 2 is 0.951 bits per heavy atom. The maximum Gasteiger partial charge on any atom is 0.472 e. The summed E-state index contributed by atoms with van der Waals surface area (Å²) in [5.74, 6) is -0.327. The maximum atomic E-state index is 12.7. The minimum Gasteiger partial charge on any atom is -0.457 e. The zero-order chi connectivity index (χ0) is 44.8. The van der Waals surface area contributed by atoms with E-state index in [-0.39, 0.29) is 25.8 Å². The predicted molar refractivity (Wildman–Crippen MR) is 261 cm³/mol. The van der Waals surface area contributed by atoms with E-state index in [1.165, 1.54) is 141 Å². The van der Waals surface area contributed by atoms with Gasteiger partial charge in [-0.1, -0.05) is 217 Å². The van der Waals surface area contributed by atoms with Gasteiger partial charge in [0.1, 0.15) is 19.3 Å². The molecule has 0 aliphatic heterocycles. The Hall–Kier alpha value is -1.28. The van der Waals surface area contributed by atoms with Crippen LogP contribution < -0.4 is 0 Å². The van der Waals surface area contributed by atoms with Crippen LogP contribution in [0.4, 0.5) is 0 Å². The molecule has 8 nitrogen and oxygen atoms in total. The molecule has 360 valence electrons. The van der Waals surface area contributed by atoms with Crippen molar-refractivity contribution in [1.29, 1.82) is 0 Å². The van der Waals surface area contributed by atoms with Gasteiger partial charge in [0.15, 0.2) is 0 Å². The molecule has 0 fully saturated rings. The number of likely N-dealkylation sites (N-methyl/N-ethyl adjacent to an activating group) is 1. The summed E-state index contributed by atoms with van der Waals surface area (Å²) >= 11 is 0. The third kappa shape index (κ3) is 49.6. The van der Waals surface area contributed by atoms with Crippen LogP contribution in [0, 0.1) is 0 Å². The zero-order valence-corrected chi connectivity index (χ0v) is 41.8. The fraction of sp³-hybridized carbons (Fsp3) is 0.865. The van der Waals surface area contributed by atoms with Gasteiger partial charge in [0.2, 0.25) is 0 Å². The van der Waals surface area contributed by atoms with Crippen LogP contribution in [0.5, 0.6) is 0 Å². The number of phosphoric acid groups is 1. The van der Waals surface area contributed by atoms with Gasteiger partial charge >= 0.3 is 13.8 Å². The van der Waals surface area contributed by atoms with Crippen molar-refractivity contribution in [3.05, 3.63) is 36.5 Å². The fourth-order valence-corrected chi connectivity index (χ4v) is 8.02. The SMILES string of the molecule is CC/C=C\C/C=C\C/C=C\CCCCCCCC(=O)OC(COCCCCCCCCCCCCCCCCCCCCCCCCCC)COP(=O)(O)OCC[N+](C)(C)C. The summed E-state index contributed by atoms with van der Waals surface area (Å²) in [4.78, 5) is 23.0. The molecule has 0 aliphatic rings. The van der Waals surface area contributed by atoms with Crippen LogP contribution in [0.1, 0.15) is 232 Å². The van der Waals surface area contributed by atoms with Gasteiger partial charge in [0.25, 0.3) is 0 Å². The topological polar surface area (TPSA) is 91.3 Å². The van der Waals surface area contributed by atoms with E-state index in [0.29, 0.717) is 24.1 Å². The molecule has 0 aromatic carbocycles. The van der Waals surface area contributed by atoms with Crippen LogP contribution in [0.15, 0.2) is 36.5 Å². The van der Waals surface area contributed by atoms with Crippen molar-refractivity contribution in [3.8, 4) is 0 Å². The molecule has 2 atom stereocenters. The number of nitrogens with zero attached hydrogens (tertiary/aromatic N) is 1. The van der Waals surface area contributed by atoms with Gasteiger partial charge in [0, 0.05) is 13.0 Å². The lowest BCUT2D eigenvalue weighted by atomic mass is 10.0. The van der Waals surface area contributed by atoms with Crippen LogP contribution in [0.3, 0.4) is 0 Å². The second-order valence-corrected chi connectivity index (χ2v) is 20.0. The number of carbonyl (C=O) groups excluding carboxylic acids is 1. The summed E-state index contributed by atoms with van der Waals surface area (Å²) in [5, 5.41) is 0. The molecule has 1 N–H and O–H groups in total. The molecule has 0 saturated carbocycles. The number of allylic oxidation sites excluding steroid dienone is 6. The fourth-order valence-electron chi connectivity index (χ4n) is 7.28. The van der Waals surface area contributed by atoms with Crippen molar-refractivity contribution in [1.82, 2.24) is 0 Å². The van der Waals surface area contributed by atoms with Crippen LogP contribution in [0.2, 0.25) is 0 Å². The second kappa shape index (κ2) is 45.3. The van der Waals surface area contributed by atoms with Crippen molar-refractivity contribution < 1.29 is 37.3 Å². The van der Waals surface area contributed by atoms with Crippen LogP contribution in [-0.2, 0) is 27.9 Å². The number of esters is 1. The van der Waals surface area contributed by atoms with Crippen molar-refractivity contribution in [2.45, 2.75) is 238 Å². The second-order valence-electron chi connectivity index (χ2n) is 18.5. The third-order valence-electron chi connectivity index (χ3n) is 11.2. The summed E-state index contributed by atoms with van der Waals surface area (Å²) in [6.07, 6.45) is 54.9. The summed E-state index contributed by atoms with van der Waals surface area (Å²) < 4.78 is 35.1. The number of unbranched alkanes of at least 4 members (excludes halogenated alkanes) is 28. The average Bonchev–Trinajstić information content (AvgIpc) is 3.22. The number of hydrogen-bond acceptors (Lipinski definition) is 6. The van der Waals surface area contributed by atoms with Gasteiger partial charge in [-0.05, 0) is 44.9 Å². The number of ether oxygens (including phenoxy) is 2. The number of hydrogen-bond donors (Lipinski definition) is 1. The molecule has 2 unspecified atom stereocenters. The first-order valence-corrected chi connectivity index (χ1v) is 27.2. The van der Waals surface area contributed by atoms with Gasteiger partial charge < -0.3 is 18.9 Å². The molecule has 9 heteroatoms. The molecular weight excluding hydrogens is 782 g/mol. The number of carbonyl (C=O) groups is 1. The van der Waals surface area contributed by atoms with Crippen molar-refractivity contribution in [2.24, 2.45) is 0 Å². The smallest absolute Gasteiger partial charge is 0.457 e. The van der Waals surface area contributed by atoms with Crippen LogP contribution in [0.25, 0.3) is 0 Å². The first-order chi connectivity index (χ1) is 29.6. The highest BCUT2D eigenvalue weighted by atomic mass is 31.2. The molecule has 0 radical (unpaired) electrons. The Balaban J connectivity index is 4.07. The van der Waals surface area contributed by atoms with Gasteiger partial charge in [-0.25, -0.2) is 4.57 Å². The minimum atomic E-state index is -4.28. The molecule has 0 aromatic rings. The molecule has 0 heterocycles. The standard InChI is InChI=1S/C52H100NO7P/c1-6-8-10-12-14-16-18-20-22-23-24-25-26-27-28-29-30-32-34-36-38-40-42-44-47-57-49-51(50-59-61(55,56)58-48-46-53(3,4)5)60-52(54)45-43-41-39-37-35-33-31-21-19-17-15-13-11-9-7-2/h9,11,15,17,21,31,51H,6-8,10,12-14,16,18-20,22-30,32-50H2,1-5H3/p+1/b11-9-,17-15-,31-21-. The van der Waals surface area contributed by atoms with Crippen LogP contribution >= 0.6 is 7.82 Å². The molecule has 0 saturated heterocycles. The highest BCUT2D eigenvalue weighted by molar-refractivity contribution is 7.47.